The minimum atomic E-state index is -4.44. The van der Waals surface area contributed by atoms with Crippen LogP contribution in [0, 0.1) is 0 Å². The maximum atomic E-state index is 14.5. The number of anilines is 1. The molecular formula is C32H41N6O10P. The number of rotatable bonds is 13. The zero-order chi connectivity index (χ0) is 35.2. The molecule has 3 heterocycles. The lowest BCUT2D eigenvalue weighted by Crippen LogP contribution is -2.51. The molecule has 1 saturated heterocycles. The van der Waals surface area contributed by atoms with Crippen LogP contribution in [0.3, 0.4) is 0 Å². The second-order valence-corrected chi connectivity index (χ2v) is 13.6. The third kappa shape index (κ3) is 8.44. The molecule has 0 radical (unpaired) electrons. The van der Waals surface area contributed by atoms with E-state index in [1.807, 2.05) is 0 Å². The van der Waals surface area contributed by atoms with E-state index in [-0.39, 0.29) is 17.7 Å². The molecule has 1 saturated carbocycles. The van der Waals surface area contributed by atoms with Crippen molar-refractivity contribution in [2.75, 3.05) is 19.4 Å². The summed E-state index contributed by atoms with van der Waals surface area (Å²) in [7, 11) is -2.99. The van der Waals surface area contributed by atoms with Crippen LogP contribution in [0.1, 0.15) is 64.7 Å². The van der Waals surface area contributed by atoms with Crippen LogP contribution in [0.15, 0.2) is 53.8 Å². The first-order chi connectivity index (χ1) is 23.4. The van der Waals surface area contributed by atoms with Crippen molar-refractivity contribution >= 4 is 43.2 Å². The molecule has 2 fully saturated rings. The number of fused-ring (bicyclic) bond motifs is 1. The molecule has 0 spiro atoms. The van der Waals surface area contributed by atoms with Gasteiger partial charge >= 0.3 is 25.7 Å². The number of ether oxygens (including phenoxy) is 4. The van der Waals surface area contributed by atoms with Crippen molar-refractivity contribution in [1.29, 1.82) is 0 Å². The summed E-state index contributed by atoms with van der Waals surface area (Å²) >= 11 is 0. The molecule has 6 atom stereocenters. The number of hydrogen-bond donors (Lipinski definition) is 2. The topological polar surface area (TPSA) is 204 Å². The lowest BCUT2D eigenvalue weighted by Gasteiger charge is -2.32. The van der Waals surface area contributed by atoms with Gasteiger partial charge in [-0.1, -0.05) is 24.6 Å². The Bertz CT molecular complexity index is 1710. The van der Waals surface area contributed by atoms with E-state index in [0.717, 1.165) is 32.1 Å². The number of carbonyl (C=O) groups is 3. The fraction of sp³-hybridized carbons (Fsp3) is 0.500. The highest BCUT2D eigenvalue weighted by Crippen LogP contribution is 2.49. The minimum absolute atomic E-state index is 0.181. The monoisotopic (exact) mass is 700 g/mol. The fourth-order valence-corrected chi connectivity index (χ4v) is 7.53. The maximum absolute atomic E-state index is 14.5. The van der Waals surface area contributed by atoms with E-state index in [2.05, 4.69) is 20.2 Å². The standard InChI is InChI=1S/C32H41N6O10P/c1-20(31(41)46-23-11-7-5-8-12-23)37-49(42,48-24-13-9-6-10-14-24)43-18-32(17-34-4)29(45-22(3)40)28(44-21(2)39)27(47-32)25-15-16-26-30(33)35-19-36-38(25)26/h6,9-10,13-17,19-20,23,27-29H,5,7-8,11-12,18H2,1-4H3,(H,37,42)(H2,33,35,36)/t20-,27-,28-,29-,32+,49-/m0/s1. The summed E-state index contributed by atoms with van der Waals surface area (Å²) in [6.07, 6.45) is 3.06. The molecule has 1 aromatic carbocycles. The second-order valence-electron chi connectivity index (χ2n) is 11.9. The second kappa shape index (κ2) is 15.5. The van der Waals surface area contributed by atoms with Gasteiger partial charge in [0, 0.05) is 27.1 Å². The van der Waals surface area contributed by atoms with Crippen molar-refractivity contribution in [1.82, 2.24) is 19.7 Å². The summed E-state index contributed by atoms with van der Waals surface area (Å²) in [6, 6.07) is 10.4. The number of nitrogen functional groups attached to an aromatic ring is 1. The zero-order valence-corrected chi connectivity index (χ0v) is 28.6. The van der Waals surface area contributed by atoms with Crippen LogP contribution in [0.2, 0.25) is 0 Å². The number of nitrogens with two attached hydrogens (primary N) is 1. The molecule has 49 heavy (non-hydrogen) atoms. The van der Waals surface area contributed by atoms with Crippen LogP contribution < -0.4 is 15.3 Å². The summed E-state index contributed by atoms with van der Waals surface area (Å²) < 4.78 is 51.6. The third-order valence-corrected chi connectivity index (χ3v) is 9.76. The van der Waals surface area contributed by atoms with Crippen molar-refractivity contribution in [2.45, 2.75) is 88.9 Å². The number of esters is 3. The average Bonchev–Trinajstić information content (AvgIpc) is 3.61. The smallest absolute Gasteiger partial charge is 0.459 e. The summed E-state index contributed by atoms with van der Waals surface area (Å²) in [5.41, 5.74) is 5.07. The summed E-state index contributed by atoms with van der Waals surface area (Å²) in [6.45, 7) is 3.25. The molecule has 2 aliphatic rings. The van der Waals surface area contributed by atoms with E-state index in [0.29, 0.717) is 11.2 Å². The lowest BCUT2D eigenvalue weighted by molar-refractivity contribution is -0.166. The number of hydrogen-bond acceptors (Lipinski definition) is 14. The molecule has 3 N–H and O–H groups in total. The molecule has 17 heteroatoms. The van der Waals surface area contributed by atoms with Crippen LogP contribution in [0.5, 0.6) is 5.75 Å². The van der Waals surface area contributed by atoms with Crippen molar-refractivity contribution in [3.63, 3.8) is 0 Å². The van der Waals surface area contributed by atoms with Crippen LogP contribution in [0.4, 0.5) is 5.82 Å². The van der Waals surface area contributed by atoms with Gasteiger partial charge < -0.3 is 29.2 Å². The summed E-state index contributed by atoms with van der Waals surface area (Å²) in [4.78, 5) is 46.2. The van der Waals surface area contributed by atoms with E-state index in [4.69, 9.17) is 33.7 Å². The third-order valence-electron chi connectivity index (χ3n) is 8.14. The van der Waals surface area contributed by atoms with Gasteiger partial charge in [-0.3, -0.25) is 23.9 Å². The molecule has 3 aromatic rings. The fourth-order valence-electron chi connectivity index (χ4n) is 6.00. The Morgan fingerprint density at radius 1 is 1.10 bits per heavy atom. The van der Waals surface area contributed by atoms with E-state index in [9.17, 15) is 18.9 Å². The largest absolute Gasteiger partial charge is 0.461 e. The zero-order valence-electron chi connectivity index (χ0n) is 27.7. The Balaban J connectivity index is 1.49. The van der Waals surface area contributed by atoms with Gasteiger partial charge in [0.25, 0.3) is 0 Å². The van der Waals surface area contributed by atoms with Crippen LogP contribution >= 0.6 is 7.75 Å². The predicted octanol–water partition coefficient (Wildman–Crippen LogP) is 3.74. The van der Waals surface area contributed by atoms with Crippen molar-refractivity contribution in [3.8, 4) is 5.75 Å². The lowest BCUT2D eigenvalue weighted by atomic mass is 9.95. The molecule has 0 unspecified atom stereocenters. The molecule has 1 aliphatic heterocycles. The van der Waals surface area contributed by atoms with Crippen molar-refractivity contribution < 1.29 is 46.9 Å². The number of nitrogens with zero attached hydrogens (tertiary/aromatic N) is 4. The predicted molar refractivity (Wildman–Crippen MR) is 176 cm³/mol. The first-order valence-corrected chi connectivity index (χ1v) is 17.5. The highest BCUT2D eigenvalue weighted by molar-refractivity contribution is 7.52. The minimum Gasteiger partial charge on any atom is -0.461 e. The van der Waals surface area contributed by atoms with Gasteiger partial charge in [-0.2, -0.15) is 10.2 Å². The molecule has 2 aromatic heterocycles. The molecule has 0 amide bonds. The number of benzene rings is 1. The number of aliphatic imine (C=N–C) groups is 1. The molecule has 0 bridgehead atoms. The molecule has 264 valence electrons. The SMILES string of the molecule is CN=C[C@]1(CO[P@@](=O)(N[C@@H](C)C(=O)OC2CCCCC2)Oc2ccccc2)O[C@@H](c2ccc3c(N)ncnn23)[C@H](OC(C)=O)[C@@H]1OC(C)=O. The van der Waals surface area contributed by atoms with Gasteiger partial charge in [0.15, 0.2) is 23.6 Å². The van der Waals surface area contributed by atoms with Gasteiger partial charge in [-0.25, -0.2) is 14.1 Å². The van der Waals surface area contributed by atoms with Crippen molar-refractivity contribution in [2.24, 2.45) is 4.99 Å². The summed E-state index contributed by atoms with van der Waals surface area (Å²) in [5, 5.41) is 6.97. The van der Waals surface area contributed by atoms with Crippen LogP contribution in [-0.4, -0.2) is 82.3 Å². The van der Waals surface area contributed by atoms with Crippen LogP contribution in [-0.2, 0) is 42.4 Å². The van der Waals surface area contributed by atoms with Gasteiger partial charge in [0.05, 0.1) is 12.3 Å². The molecule has 1 aliphatic carbocycles. The Morgan fingerprint density at radius 2 is 1.82 bits per heavy atom. The Hall–Kier alpha value is -4.37. The number of nitrogens with one attached hydrogen (secondary N) is 1. The van der Waals surface area contributed by atoms with Crippen molar-refractivity contribution in [3.05, 3.63) is 54.5 Å². The van der Waals surface area contributed by atoms with Gasteiger partial charge in [0.2, 0.25) is 0 Å². The Kier molecular flexibility index (Phi) is 11.3. The van der Waals surface area contributed by atoms with E-state index >= 15 is 0 Å². The Labute approximate surface area is 283 Å². The molecular weight excluding hydrogens is 659 g/mol. The van der Waals surface area contributed by atoms with Crippen LogP contribution in [0.25, 0.3) is 5.52 Å². The van der Waals surface area contributed by atoms with Gasteiger partial charge in [-0.05, 0) is 56.9 Å². The first kappa shape index (κ1) is 35.9. The normalized spacial score (nSPS) is 24.7. The number of aromatic nitrogens is 3. The molecule has 16 nitrogen and oxygen atoms in total. The first-order valence-electron chi connectivity index (χ1n) is 15.9. The average molecular weight is 701 g/mol. The van der Waals surface area contributed by atoms with E-state index < -0.39 is 62.2 Å². The maximum Gasteiger partial charge on any atom is 0.459 e. The summed E-state index contributed by atoms with van der Waals surface area (Å²) in [5.74, 6) is -1.68. The highest BCUT2D eigenvalue weighted by Gasteiger charge is 2.60. The van der Waals surface area contributed by atoms with E-state index in [1.165, 1.54) is 44.9 Å². The van der Waals surface area contributed by atoms with E-state index in [1.54, 1.807) is 42.5 Å². The Morgan fingerprint density at radius 3 is 2.49 bits per heavy atom. The van der Waals surface area contributed by atoms with Gasteiger partial charge in [0.1, 0.15) is 35.8 Å². The molecule has 5 rings (SSSR count). The van der Waals surface area contributed by atoms with Gasteiger partial charge in [-0.15, -0.1) is 0 Å². The highest BCUT2D eigenvalue weighted by atomic mass is 31.2. The number of para-hydroxylation sites is 1. The number of carbonyl (C=O) groups excluding carboxylic acids is 3. The quantitative estimate of drug-likeness (QED) is 0.113.